The van der Waals surface area contributed by atoms with Gasteiger partial charge in [0.15, 0.2) is 0 Å². The molecule has 0 aliphatic heterocycles. The minimum Gasteiger partial charge on any atom is -0.478 e. The first-order valence-electron chi connectivity index (χ1n) is 6.18. The molecule has 1 amide bonds. The fourth-order valence-corrected chi connectivity index (χ4v) is 1.74. The molecule has 0 bridgehead atoms. The SMILES string of the molecule is CCNC(C)(C)C(=O)Nc1ccc(C)c(C(=O)O)c1. The van der Waals surface area contributed by atoms with Gasteiger partial charge < -0.3 is 15.7 Å². The molecule has 0 aliphatic carbocycles. The molecule has 0 atom stereocenters. The van der Waals surface area contributed by atoms with Crippen molar-refractivity contribution in [2.24, 2.45) is 0 Å². The summed E-state index contributed by atoms with van der Waals surface area (Å²) in [5.41, 5.74) is 0.637. The van der Waals surface area contributed by atoms with Crippen molar-refractivity contribution in [2.75, 3.05) is 11.9 Å². The number of rotatable bonds is 5. The van der Waals surface area contributed by atoms with Gasteiger partial charge in [-0.25, -0.2) is 4.79 Å². The van der Waals surface area contributed by atoms with Crippen molar-refractivity contribution in [3.8, 4) is 0 Å². The Hall–Kier alpha value is -1.88. The predicted octanol–water partition coefficient (Wildman–Crippen LogP) is 2.02. The van der Waals surface area contributed by atoms with Crippen molar-refractivity contribution < 1.29 is 14.7 Å². The van der Waals surface area contributed by atoms with Crippen LogP contribution in [0.2, 0.25) is 0 Å². The first-order valence-corrected chi connectivity index (χ1v) is 6.18. The fourth-order valence-electron chi connectivity index (χ4n) is 1.74. The average Bonchev–Trinajstić information content (AvgIpc) is 2.31. The third kappa shape index (κ3) is 3.79. The third-order valence-corrected chi connectivity index (χ3v) is 2.91. The summed E-state index contributed by atoms with van der Waals surface area (Å²) in [6.07, 6.45) is 0. The van der Waals surface area contributed by atoms with Crippen LogP contribution < -0.4 is 10.6 Å². The highest BCUT2D eigenvalue weighted by molar-refractivity contribution is 5.99. The highest BCUT2D eigenvalue weighted by atomic mass is 16.4. The minimum absolute atomic E-state index is 0.194. The van der Waals surface area contributed by atoms with E-state index in [9.17, 15) is 9.59 Å². The summed E-state index contributed by atoms with van der Waals surface area (Å²) in [5.74, 6) is -1.20. The van der Waals surface area contributed by atoms with Gasteiger partial charge in [-0.05, 0) is 45.0 Å². The van der Waals surface area contributed by atoms with E-state index in [2.05, 4.69) is 10.6 Å². The number of carboxylic acids is 1. The summed E-state index contributed by atoms with van der Waals surface area (Å²) < 4.78 is 0. The Bertz CT molecular complexity index is 495. The number of hydrogen-bond acceptors (Lipinski definition) is 3. The van der Waals surface area contributed by atoms with E-state index in [-0.39, 0.29) is 11.5 Å². The van der Waals surface area contributed by atoms with E-state index in [0.29, 0.717) is 17.8 Å². The maximum Gasteiger partial charge on any atom is 0.336 e. The summed E-state index contributed by atoms with van der Waals surface area (Å²) in [4.78, 5) is 23.1. The quantitative estimate of drug-likeness (QED) is 0.760. The second kappa shape index (κ2) is 5.84. The molecule has 104 valence electrons. The molecule has 5 heteroatoms. The molecule has 0 heterocycles. The van der Waals surface area contributed by atoms with Crippen molar-refractivity contribution in [3.05, 3.63) is 29.3 Å². The Labute approximate surface area is 113 Å². The van der Waals surface area contributed by atoms with Crippen LogP contribution in [-0.4, -0.2) is 29.1 Å². The number of carboxylic acid groups (broad SMARTS) is 1. The molecule has 5 nitrogen and oxygen atoms in total. The van der Waals surface area contributed by atoms with Crippen LogP contribution in [0.15, 0.2) is 18.2 Å². The maximum absolute atomic E-state index is 12.1. The zero-order valence-corrected chi connectivity index (χ0v) is 11.7. The van der Waals surface area contributed by atoms with Crippen LogP contribution in [0.5, 0.6) is 0 Å². The molecule has 0 fully saturated rings. The summed E-state index contributed by atoms with van der Waals surface area (Å²) >= 11 is 0. The lowest BCUT2D eigenvalue weighted by Crippen LogP contribution is -2.49. The van der Waals surface area contributed by atoms with Crippen molar-refractivity contribution in [2.45, 2.75) is 33.2 Å². The van der Waals surface area contributed by atoms with Gasteiger partial charge in [-0.15, -0.1) is 0 Å². The van der Waals surface area contributed by atoms with Gasteiger partial charge in [0.2, 0.25) is 5.91 Å². The molecule has 1 rings (SSSR count). The van der Waals surface area contributed by atoms with Gasteiger partial charge in [0.25, 0.3) is 0 Å². The Balaban J connectivity index is 2.92. The standard InChI is InChI=1S/C14H20N2O3/c1-5-15-14(3,4)13(19)16-10-7-6-9(2)11(8-10)12(17)18/h6-8,15H,5H2,1-4H3,(H,16,19)(H,17,18). The first-order chi connectivity index (χ1) is 8.77. The molecular formula is C14H20N2O3. The van der Waals surface area contributed by atoms with Crippen molar-refractivity contribution >= 4 is 17.6 Å². The summed E-state index contributed by atoms with van der Waals surface area (Å²) in [6.45, 7) is 7.87. The number of anilines is 1. The van der Waals surface area contributed by atoms with Gasteiger partial charge in [-0.3, -0.25) is 4.79 Å². The van der Waals surface area contributed by atoms with Crippen LogP contribution in [0, 0.1) is 6.92 Å². The van der Waals surface area contributed by atoms with Crippen LogP contribution in [0.25, 0.3) is 0 Å². The lowest BCUT2D eigenvalue weighted by atomic mass is 10.0. The monoisotopic (exact) mass is 264 g/mol. The molecular weight excluding hydrogens is 244 g/mol. The van der Waals surface area contributed by atoms with E-state index in [4.69, 9.17) is 5.11 Å². The highest BCUT2D eigenvalue weighted by Crippen LogP contribution is 2.17. The number of likely N-dealkylation sites (N-methyl/N-ethyl adjacent to an activating group) is 1. The summed E-state index contributed by atoms with van der Waals surface area (Å²) in [6, 6.07) is 4.85. The molecule has 1 aromatic carbocycles. The molecule has 3 N–H and O–H groups in total. The van der Waals surface area contributed by atoms with Gasteiger partial charge in [0.1, 0.15) is 0 Å². The lowest BCUT2D eigenvalue weighted by Gasteiger charge is -2.24. The zero-order chi connectivity index (χ0) is 14.6. The third-order valence-electron chi connectivity index (χ3n) is 2.91. The number of nitrogens with one attached hydrogen (secondary N) is 2. The number of aromatic carboxylic acids is 1. The topological polar surface area (TPSA) is 78.4 Å². The largest absolute Gasteiger partial charge is 0.478 e. The van der Waals surface area contributed by atoms with E-state index >= 15 is 0 Å². The molecule has 0 radical (unpaired) electrons. The Morgan fingerprint density at radius 2 is 1.95 bits per heavy atom. The Morgan fingerprint density at radius 3 is 2.47 bits per heavy atom. The fraction of sp³-hybridized carbons (Fsp3) is 0.429. The van der Waals surface area contributed by atoms with Crippen LogP contribution in [0.1, 0.15) is 36.7 Å². The molecule has 0 saturated carbocycles. The molecule has 0 saturated heterocycles. The van der Waals surface area contributed by atoms with E-state index < -0.39 is 11.5 Å². The number of amides is 1. The predicted molar refractivity (Wildman–Crippen MR) is 74.5 cm³/mol. The van der Waals surface area contributed by atoms with Crippen molar-refractivity contribution in [1.29, 1.82) is 0 Å². The van der Waals surface area contributed by atoms with Crippen LogP contribution in [0.4, 0.5) is 5.69 Å². The summed E-state index contributed by atoms with van der Waals surface area (Å²) in [5, 5.41) is 14.8. The van der Waals surface area contributed by atoms with E-state index in [1.165, 1.54) is 6.07 Å². The number of carbonyl (C=O) groups is 2. The van der Waals surface area contributed by atoms with Gasteiger partial charge in [-0.2, -0.15) is 0 Å². The van der Waals surface area contributed by atoms with E-state index in [1.54, 1.807) is 32.9 Å². The van der Waals surface area contributed by atoms with E-state index in [0.717, 1.165) is 0 Å². The number of carbonyl (C=O) groups excluding carboxylic acids is 1. The molecule has 0 aliphatic rings. The molecule has 1 aromatic rings. The first kappa shape index (κ1) is 15.2. The zero-order valence-electron chi connectivity index (χ0n) is 11.7. The number of aryl methyl sites for hydroxylation is 1. The number of benzene rings is 1. The second-order valence-electron chi connectivity index (χ2n) is 4.94. The van der Waals surface area contributed by atoms with E-state index in [1.807, 2.05) is 6.92 Å². The van der Waals surface area contributed by atoms with Gasteiger partial charge in [-0.1, -0.05) is 13.0 Å². The molecule has 0 aromatic heterocycles. The molecule has 0 unspecified atom stereocenters. The minimum atomic E-state index is -1.00. The molecule has 0 spiro atoms. The Kier molecular flexibility index (Phi) is 4.67. The smallest absolute Gasteiger partial charge is 0.336 e. The molecule has 19 heavy (non-hydrogen) atoms. The van der Waals surface area contributed by atoms with Crippen molar-refractivity contribution in [3.63, 3.8) is 0 Å². The van der Waals surface area contributed by atoms with Crippen LogP contribution >= 0.6 is 0 Å². The highest BCUT2D eigenvalue weighted by Gasteiger charge is 2.26. The maximum atomic E-state index is 12.1. The van der Waals surface area contributed by atoms with Gasteiger partial charge in [0.05, 0.1) is 11.1 Å². The van der Waals surface area contributed by atoms with Crippen LogP contribution in [-0.2, 0) is 4.79 Å². The lowest BCUT2D eigenvalue weighted by molar-refractivity contribution is -0.121. The second-order valence-corrected chi connectivity index (χ2v) is 4.94. The Morgan fingerprint density at radius 1 is 1.32 bits per heavy atom. The number of hydrogen-bond donors (Lipinski definition) is 3. The normalized spacial score (nSPS) is 11.2. The average molecular weight is 264 g/mol. The van der Waals surface area contributed by atoms with Crippen molar-refractivity contribution in [1.82, 2.24) is 5.32 Å². The van der Waals surface area contributed by atoms with Gasteiger partial charge in [0, 0.05) is 5.69 Å². The van der Waals surface area contributed by atoms with Crippen LogP contribution in [0.3, 0.4) is 0 Å². The summed E-state index contributed by atoms with van der Waals surface area (Å²) in [7, 11) is 0. The van der Waals surface area contributed by atoms with Gasteiger partial charge >= 0.3 is 5.97 Å².